The molecule has 0 radical (unpaired) electrons. The third-order valence-corrected chi connectivity index (χ3v) is 6.13. The maximum absolute atomic E-state index is 13.9. The van der Waals surface area contributed by atoms with Crippen LogP contribution in [0, 0.1) is 17.6 Å². The Kier molecular flexibility index (Phi) is 5.21. The average molecular weight is 402 g/mol. The highest BCUT2D eigenvalue weighted by atomic mass is 32.1. The first kappa shape index (κ1) is 18.7. The number of piperidine rings is 1. The van der Waals surface area contributed by atoms with Crippen molar-refractivity contribution < 1.29 is 13.6 Å². The summed E-state index contributed by atoms with van der Waals surface area (Å²) in [7, 11) is 0. The standard InChI is InChI=1S/C20H20F2N4OS/c1-2-12-10-26(18-14-7-9-28-20(14)24-11-23-18)8-6-16(12)25-19(27)13-4-3-5-15(21)17(13)22/h3-5,7,9,11-12,16H,2,6,8,10H2,1H3,(H,25,27)/t12-,16+/m1/s1. The Morgan fingerprint density at radius 1 is 1.32 bits per heavy atom. The summed E-state index contributed by atoms with van der Waals surface area (Å²) in [5.41, 5.74) is -0.256. The number of nitrogens with zero attached hydrogens (tertiary/aromatic N) is 3. The quantitative estimate of drug-likeness (QED) is 0.717. The number of thiophene rings is 1. The van der Waals surface area contributed by atoms with Crippen LogP contribution in [0.25, 0.3) is 10.2 Å². The molecule has 0 unspecified atom stereocenters. The van der Waals surface area contributed by atoms with E-state index in [4.69, 9.17) is 0 Å². The van der Waals surface area contributed by atoms with Crippen molar-refractivity contribution in [1.82, 2.24) is 15.3 Å². The van der Waals surface area contributed by atoms with E-state index in [1.54, 1.807) is 17.7 Å². The first-order valence-electron chi connectivity index (χ1n) is 9.26. The second-order valence-electron chi connectivity index (χ2n) is 6.92. The molecule has 1 amide bonds. The molecule has 0 spiro atoms. The largest absolute Gasteiger partial charge is 0.356 e. The fraction of sp³-hybridized carbons (Fsp3) is 0.350. The lowest BCUT2D eigenvalue weighted by Gasteiger charge is -2.39. The topological polar surface area (TPSA) is 58.1 Å². The molecule has 1 aromatic carbocycles. The Bertz CT molecular complexity index is 1010. The van der Waals surface area contributed by atoms with E-state index in [1.807, 2.05) is 11.4 Å². The van der Waals surface area contributed by atoms with Crippen LogP contribution in [-0.2, 0) is 0 Å². The van der Waals surface area contributed by atoms with Crippen molar-refractivity contribution in [2.45, 2.75) is 25.8 Å². The van der Waals surface area contributed by atoms with Crippen molar-refractivity contribution in [3.8, 4) is 0 Å². The van der Waals surface area contributed by atoms with E-state index in [-0.39, 0.29) is 17.5 Å². The predicted octanol–water partition coefficient (Wildman–Crippen LogP) is 4.00. The number of hydrogen-bond acceptors (Lipinski definition) is 5. The van der Waals surface area contributed by atoms with Gasteiger partial charge in [-0.2, -0.15) is 0 Å². The normalized spacial score (nSPS) is 19.8. The molecule has 1 fully saturated rings. The van der Waals surface area contributed by atoms with Crippen molar-refractivity contribution >= 4 is 33.3 Å². The van der Waals surface area contributed by atoms with Crippen LogP contribution in [0.15, 0.2) is 36.0 Å². The Morgan fingerprint density at radius 3 is 3.00 bits per heavy atom. The van der Waals surface area contributed by atoms with Gasteiger partial charge < -0.3 is 10.2 Å². The number of halogens is 2. The Balaban J connectivity index is 1.50. The van der Waals surface area contributed by atoms with Gasteiger partial charge in [0.2, 0.25) is 0 Å². The lowest BCUT2D eigenvalue weighted by Crippen LogP contribution is -2.51. The molecule has 3 aromatic rings. The van der Waals surface area contributed by atoms with Gasteiger partial charge in [-0.15, -0.1) is 11.3 Å². The second-order valence-corrected chi connectivity index (χ2v) is 7.82. The summed E-state index contributed by atoms with van der Waals surface area (Å²) in [6.07, 6.45) is 3.14. The summed E-state index contributed by atoms with van der Waals surface area (Å²) in [6, 6.07) is 5.58. The van der Waals surface area contributed by atoms with E-state index in [0.717, 1.165) is 41.6 Å². The van der Waals surface area contributed by atoms with Crippen molar-refractivity contribution in [3.63, 3.8) is 0 Å². The summed E-state index contributed by atoms with van der Waals surface area (Å²) in [5, 5.41) is 5.94. The van der Waals surface area contributed by atoms with E-state index >= 15 is 0 Å². The van der Waals surface area contributed by atoms with E-state index in [9.17, 15) is 13.6 Å². The van der Waals surface area contributed by atoms with Gasteiger partial charge in [0, 0.05) is 19.1 Å². The Labute approximate surface area is 165 Å². The molecule has 0 bridgehead atoms. The fourth-order valence-corrected chi connectivity index (χ4v) is 4.51. The Morgan fingerprint density at radius 2 is 2.18 bits per heavy atom. The zero-order chi connectivity index (χ0) is 19.7. The molecule has 8 heteroatoms. The lowest BCUT2D eigenvalue weighted by molar-refractivity contribution is 0.0908. The van der Waals surface area contributed by atoms with E-state index in [0.29, 0.717) is 6.42 Å². The number of aromatic nitrogens is 2. The third-order valence-electron chi connectivity index (χ3n) is 5.31. The van der Waals surface area contributed by atoms with E-state index < -0.39 is 17.5 Å². The highest BCUT2D eigenvalue weighted by molar-refractivity contribution is 7.16. The number of rotatable bonds is 4. The first-order valence-corrected chi connectivity index (χ1v) is 10.1. The SMILES string of the molecule is CC[C@@H]1CN(c2ncnc3sccc23)CC[C@@H]1NC(=O)c1cccc(F)c1F. The minimum absolute atomic E-state index is 0.101. The number of carbonyl (C=O) groups excluding carboxylic acids is 1. The molecule has 1 aliphatic rings. The summed E-state index contributed by atoms with van der Waals surface area (Å²) < 4.78 is 27.4. The predicted molar refractivity (Wildman–Crippen MR) is 106 cm³/mol. The molecule has 2 aromatic heterocycles. The first-order chi connectivity index (χ1) is 13.6. The van der Waals surface area contributed by atoms with Gasteiger partial charge in [-0.05, 0) is 42.3 Å². The van der Waals surface area contributed by atoms with Gasteiger partial charge >= 0.3 is 0 Å². The van der Waals surface area contributed by atoms with Gasteiger partial charge in [0.25, 0.3) is 5.91 Å². The minimum Gasteiger partial charge on any atom is -0.356 e. The van der Waals surface area contributed by atoms with Crippen LogP contribution in [0.4, 0.5) is 14.6 Å². The number of nitrogens with one attached hydrogen (secondary N) is 1. The fourth-order valence-electron chi connectivity index (χ4n) is 3.78. The van der Waals surface area contributed by atoms with Gasteiger partial charge in [-0.25, -0.2) is 18.7 Å². The molecular weight excluding hydrogens is 382 g/mol. The third kappa shape index (κ3) is 3.44. The van der Waals surface area contributed by atoms with Crippen molar-refractivity contribution in [3.05, 3.63) is 53.2 Å². The van der Waals surface area contributed by atoms with Crippen LogP contribution in [0.2, 0.25) is 0 Å². The zero-order valence-corrected chi connectivity index (χ0v) is 16.2. The molecule has 3 heterocycles. The number of hydrogen-bond donors (Lipinski definition) is 1. The van der Waals surface area contributed by atoms with Crippen molar-refractivity contribution in [2.24, 2.45) is 5.92 Å². The van der Waals surface area contributed by atoms with Crippen LogP contribution in [0.3, 0.4) is 0 Å². The van der Waals surface area contributed by atoms with Crippen LogP contribution >= 0.6 is 11.3 Å². The summed E-state index contributed by atoms with van der Waals surface area (Å²) >= 11 is 1.58. The number of fused-ring (bicyclic) bond motifs is 1. The van der Waals surface area contributed by atoms with Crippen molar-refractivity contribution in [2.75, 3.05) is 18.0 Å². The zero-order valence-electron chi connectivity index (χ0n) is 15.4. The van der Waals surface area contributed by atoms with Gasteiger partial charge in [-0.1, -0.05) is 13.0 Å². The van der Waals surface area contributed by atoms with Crippen LogP contribution in [0.1, 0.15) is 30.1 Å². The van der Waals surface area contributed by atoms with Gasteiger partial charge in [-0.3, -0.25) is 4.79 Å². The lowest BCUT2D eigenvalue weighted by atomic mass is 9.89. The maximum atomic E-state index is 13.9. The molecular formula is C20H20F2N4OS. The molecule has 5 nitrogen and oxygen atoms in total. The summed E-state index contributed by atoms with van der Waals surface area (Å²) in [6.45, 7) is 3.51. The molecule has 1 aliphatic heterocycles. The minimum atomic E-state index is -1.11. The Hall–Kier alpha value is -2.61. The molecule has 1 N–H and O–H groups in total. The smallest absolute Gasteiger partial charge is 0.254 e. The number of benzene rings is 1. The van der Waals surface area contributed by atoms with Gasteiger partial charge in [0.15, 0.2) is 11.6 Å². The molecule has 0 aliphatic carbocycles. The van der Waals surface area contributed by atoms with Crippen LogP contribution in [0.5, 0.6) is 0 Å². The second kappa shape index (κ2) is 7.79. The van der Waals surface area contributed by atoms with Gasteiger partial charge in [0.1, 0.15) is 17.0 Å². The number of carbonyl (C=O) groups is 1. The van der Waals surface area contributed by atoms with Gasteiger partial charge in [0.05, 0.1) is 10.9 Å². The highest BCUT2D eigenvalue weighted by Crippen LogP contribution is 2.31. The van der Waals surface area contributed by atoms with Crippen molar-refractivity contribution in [1.29, 1.82) is 0 Å². The summed E-state index contributed by atoms with van der Waals surface area (Å²) in [5.74, 6) is -1.61. The van der Waals surface area contributed by atoms with E-state index in [1.165, 1.54) is 12.1 Å². The number of anilines is 1. The van der Waals surface area contributed by atoms with Crippen LogP contribution < -0.4 is 10.2 Å². The average Bonchev–Trinajstić information content (AvgIpc) is 3.19. The molecule has 28 heavy (non-hydrogen) atoms. The molecule has 4 rings (SSSR count). The highest BCUT2D eigenvalue weighted by Gasteiger charge is 2.31. The molecule has 146 valence electrons. The van der Waals surface area contributed by atoms with Crippen LogP contribution in [-0.4, -0.2) is 35.0 Å². The maximum Gasteiger partial charge on any atom is 0.254 e. The molecule has 0 saturated carbocycles. The molecule has 2 atom stereocenters. The molecule has 1 saturated heterocycles. The van der Waals surface area contributed by atoms with E-state index in [2.05, 4.69) is 27.1 Å². The summed E-state index contributed by atoms with van der Waals surface area (Å²) in [4.78, 5) is 24.4. The monoisotopic (exact) mass is 402 g/mol. The number of amides is 1.